The van der Waals surface area contributed by atoms with E-state index < -0.39 is 0 Å². The van der Waals surface area contributed by atoms with E-state index in [4.69, 9.17) is 10.5 Å². The molecule has 1 atom stereocenters. The van der Waals surface area contributed by atoms with Gasteiger partial charge in [-0.25, -0.2) is 9.78 Å². The maximum absolute atomic E-state index is 11.5. The monoisotopic (exact) mass is 296 g/mol. The van der Waals surface area contributed by atoms with Gasteiger partial charge in [0.05, 0.1) is 19.8 Å². The highest BCUT2D eigenvalue weighted by Crippen LogP contribution is 2.34. The number of carbonyl (C=O) groups is 1. The van der Waals surface area contributed by atoms with Crippen LogP contribution in [0.1, 0.15) is 11.4 Å². The third kappa shape index (κ3) is 2.94. The van der Waals surface area contributed by atoms with Crippen LogP contribution in [-0.2, 0) is 11.3 Å². The fourth-order valence-electron chi connectivity index (χ4n) is 3.11. The molecule has 0 aromatic carbocycles. The molecule has 3 heterocycles. The number of ether oxygens (including phenoxy) is 1. The lowest BCUT2D eigenvalue weighted by Crippen LogP contribution is -2.45. The minimum Gasteiger partial charge on any atom is -0.379 e. The van der Waals surface area contributed by atoms with Gasteiger partial charge < -0.3 is 15.4 Å². The summed E-state index contributed by atoms with van der Waals surface area (Å²) >= 11 is 1.69. The molecule has 1 aromatic rings. The molecule has 2 saturated heterocycles. The summed E-state index contributed by atoms with van der Waals surface area (Å²) in [5, 5.41) is 3.15. The van der Waals surface area contributed by atoms with Crippen LogP contribution in [0.15, 0.2) is 11.6 Å². The Labute approximate surface area is 122 Å². The van der Waals surface area contributed by atoms with Crippen LogP contribution in [-0.4, -0.2) is 60.2 Å². The highest BCUT2D eigenvalue weighted by atomic mass is 32.1. The van der Waals surface area contributed by atoms with Gasteiger partial charge in [0.25, 0.3) is 0 Å². The molecule has 110 valence electrons. The zero-order valence-corrected chi connectivity index (χ0v) is 12.3. The Kier molecular flexibility index (Phi) is 3.91. The molecule has 2 aliphatic heterocycles. The minimum absolute atomic E-state index is 0.0305. The summed E-state index contributed by atoms with van der Waals surface area (Å²) in [4.78, 5) is 19.9. The maximum atomic E-state index is 11.5. The lowest BCUT2D eigenvalue weighted by molar-refractivity contribution is 0.0715. The molecule has 0 saturated carbocycles. The van der Waals surface area contributed by atoms with Gasteiger partial charge in [0.1, 0.15) is 5.01 Å². The van der Waals surface area contributed by atoms with Crippen molar-refractivity contribution in [2.45, 2.75) is 13.0 Å². The molecule has 1 aromatic heterocycles. The van der Waals surface area contributed by atoms with Gasteiger partial charge >= 0.3 is 6.03 Å². The zero-order chi connectivity index (χ0) is 14.0. The summed E-state index contributed by atoms with van der Waals surface area (Å²) in [6, 6.07) is -0.340. The predicted molar refractivity (Wildman–Crippen MR) is 76.4 cm³/mol. The van der Waals surface area contributed by atoms with Crippen molar-refractivity contribution in [1.82, 2.24) is 14.8 Å². The van der Waals surface area contributed by atoms with Crippen molar-refractivity contribution in [3.63, 3.8) is 0 Å². The Balaban J connectivity index is 1.65. The summed E-state index contributed by atoms with van der Waals surface area (Å²) in [6.45, 7) is 5.45. The number of urea groups is 1. The molecule has 0 bridgehead atoms. The summed E-state index contributed by atoms with van der Waals surface area (Å²) < 4.78 is 5.71. The van der Waals surface area contributed by atoms with Gasteiger partial charge in [-0.15, -0.1) is 11.3 Å². The molecular formula is C13H20N4O2S. The van der Waals surface area contributed by atoms with E-state index in [0.29, 0.717) is 26.3 Å². The number of rotatable bonds is 2. The lowest BCUT2D eigenvalue weighted by Gasteiger charge is -2.31. The van der Waals surface area contributed by atoms with Crippen LogP contribution in [0.3, 0.4) is 0 Å². The average molecular weight is 296 g/mol. The molecule has 1 spiro atoms. The first-order valence-corrected chi connectivity index (χ1v) is 7.78. The van der Waals surface area contributed by atoms with E-state index in [1.165, 1.54) is 0 Å². The standard InChI is InChI=1S/C13H20N4O2S/c14-12(18)17-4-5-19-10-13(9-17)1-3-16(8-13)7-11-15-2-6-20-11/h2,6H,1,3-5,7-10H2,(H2,14,18)/t13-/m1/s1. The largest absolute Gasteiger partial charge is 0.379 e. The van der Waals surface area contributed by atoms with E-state index in [9.17, 15) is 4.79 Å². The molecule has 2 amide bonds. The van der Waals surface area contributed by atoms with Gasteiger partial charge in [0.2, 0.25) is 0 Å². The van der Waals surface area contributed by atoms with Crippen molar-refractivity contribution < 1.29 is 9.53 Å². The molecule has 0 aliphatic carbocycles. The van der Waals surface area contributed by atoms with Gasteiger partial charge in [0, 0.05) is 36.6 Å². The number of amides is 2. The van der Waals surface area contributed by atoms with Crippen LogP contribution in [0, 0.1) is 5.41 Å². The van der Waals surface area contributed by atoms with Crippen molar-refractivity contribution in [3.05, 3.63) is 16.6 Å². The van der Waals surface area contributed by atoms with Gasteiger partial charge in [-0.2, -0.15) is 0 Å². The number of primary amides is 1. The molecule has 2 fully saturated rings. The quantitative estimate of drug-likeness (QED) is 0.874. The number of nitrogens with zero attached hydrogens (tertiary/aromatic N) is 3. The Morgan fingerprint density at radius 3 is 3.15 bits per heavy atom. The summed E-state index contributed by atoms with van der Waals surface area (Å²) in [5.74, 6) is 0. The fourth-order valence-corrected chi connectivity index (χ4v) is 3.77. The van der Waals surface area contributed by atoms with Crippen molar-refractivity contribution in [3.8, 4) is 0 Å². The molecule has 3 rings (SSSR count). The number of hydrogen-bond acceptors (Lipinski definition) is 5. The predicted octanol–water partition coefficient (Wildman–Crippen LogP) is 0.746. The molecular weight excluding hydrogens is 276 g/mol. The van der Waals surface area contributed by atoms with Crippen LogP contribution in [0.25, 0.3) is 0 Å². The molecule has 20 heavy (non-hydrogen) atoms. The molecule has 2 aliphatic rings. The Hall–Kier alpha value is -1.18. The third-order valence-corrected chi connectivity index (χ3v) is 4.88. The van der Waals surface area contributed by atoms with Crippen LogP contribution < -0.4 is 5.73 Å². The van der Waals surface area contributed by atoms with E-state index in [2.05, 4.69) is 9.88 Å². The number of hydrogen-bond donors (Lipinski definition) is 1. The van der Waals surface area contributed by atoms with E-state index >= 15 is 0 Å². The minimum atomic E-state index is -0.340. The van der Waals surface area contributed by atoms with Gasteiger partial charge in [-0.1, -0.05) is 0 Å². The molecule has 0 unspecified atom stereocenters. The number of nitrogens with two attached hydrogens (primary N) is 1. The van der Waals surface area contributed by atoms with E-state index in [1.807, 2.05) is 11.6 Å². The summed E-state index contributed by atoms with van der Waals surface area (Å²) in [7, 11) is 0. The highest BCUT2D eigenvalue weighted by Gasteiger charge is 2.41. The fraction of sp³-hybridized carbons (Fsp3) is 0.692. The second-order valence-corrected chi connectivity index (χ2v) is 6.68. The molecule has 0 radical (unpaired) electrons. The molecule has 6 nitrogen and oxygen atoms in total. The number of aromatic nitrogens is 1. The first-order chi connectivity index (χ1) is 9.67. The van der Waals surface area contributed by atoms with Gasteiger partial charge in [-0.3, -0.25) is 4.90 Å². The molecule has 2 N–H and O–H groups in total. The van der Waals surface area contributed by atoms with E-state index in [0.717, 1.165) is 31.1 Å². The molecule has 7 heteroatoms. The number of thiazole rings is 1. The Bertz CT molecular complexity index is 467. The van der Waals surface area contributed by atoms with E-state index in [-0.39, 0.29) is 11.4 Å². The second kappa shape index (κ2) is 5.67. The normalized spacial score (nSPS) is 27.9. The first-order valence-electron chi connectivity index (χ1n) is 6.90. The summed E-state index contributed by atoms with van der Waals surface area (Å²) in [5.41, 5.74) is 5.47. The topological polar surface area (TPSA) is 71.7 Å². The van der Waals surface area contributed by atoms with Gasteiger partial charge in [-0.05, 0) is 13.0 Å². The Morgan fingerprint density at radius 2 is 2.40 bits per heavy atom. The summed E-state index contributed by atoms with van der Waals surface area (Å²) in [6.07, 6.45) is 2.89. The van der Waals surface area contributed by atoms with Crippen LogP contribution in [0.5, 0.6) is 0 Å². The smallest absolute Gasteiger partial charge is 0.314 e. The highest BCUT2D eigenvalue weighted by molar-refractivity contribution is 7.09. The second-order valence-electron chi connectivity index (χ2n) is 5.70. The van der Waals surface area contributed by atoms with Gasteiger partial charge in [0.15, 0.2) is 0 Å². The maximum Gasteiger partial charge on any atom is 0.314 e. The lowest BCUT2D eigenvalue weighted by atomic mass is 9.87. The average Bonchev–Trinajstić information content (AvgIpc) is 2.99. The number of likely N-dealkylation sites (tertiary alicyclic amines) is 1. The Morgan fingerprint density at radius 1 is 1.50 bits per heavy atom. The number of carbonyl (C=O) groups excluding carboxylic acids is 1. The van der Waals surface area contributed by atoms with Crippen LogP contribution >= 0.6 is 11.3 Å². The first kappa shape index (κ1) is 13.8. The SMILES string of the molecule is NC(=O)N1CCOC[C@@]2(CCN(Cc3nccs3)C2)C1. The third-order valence-electron chi connectivity index (χ3n) is 4.11. The van der Waals surface area contributed by atoms with Crippen LogP contribution in [0.4, 0.5) is 4.79 Å². The van der Waals surface area contributed by atoms with Crippen LogP contribution in [0.2, 0.25) is 0 Å². The van der Waals surface area contributed by atoms with E-state index in [1.54, 1.807) is 16.2 Å². The van der Waals surface area contributed by atoms with Crippen molar-refractivity contribution in [2.24, 2.45) is 11.1 Å². The van der Waals surface area contributed by atoms with Crippen molar-refractivity contribution in [1.29, 1.82) is 0 Å². The van der Waals surface area contributed by atoms with Crippen molar-refractivity contribution >= 4 is 17.4 Å². The zero-order valence-electron chi connectivity index (χ0n) is 11.5. The van der Waals surface area contributed by atoms with Crippen molar-refractivity contribution in [2.75, 3.05) is 39.4 Å².